The predicted octanol–water partition coefficient (Wildman–Crippen LogP) is 4.81. The molecule has 1 fully saturated rings. The minimum Gasteiger partial charge on any atom is -0.451 e. The molecule has 1 saturated heterocycles. The van der Waals surface area contributed by atoms with Crippen LogP contribution in [0.4, 0.5) is 0 Å². The van der Waals surface area contributed by atoms with E-state index in [-0.39, 0.29) is 11.9 Å². The third-order valence-corrected chi connectivity index (χ3v) is 6.03. The zero-order valence-electron chi connectivity index (χ0n) is 17.6. The van der Waals surface area contributed by atoms with Crippen LogP contribution >= 0.6 is 11.6 Å². The van der Waals surface area contributed by atoms with Crippen LogP contribution in [0.2, 0.25) is 5.02 Å². The van der Waals surface area contributed by atoms with Crippen molar-refractivity contribution in [2.45, 2.75) is 26.8 Å². The van der Waals surface area contributed by atoms with E-state index >= 15 is 0 Å². The summed E-state index contributed by atoms with van der Waals surface area (Å²) in [6, 6.07) is 12.0. The average molecular weight is 427 g/mol. The molecular formula is C24H27ClN2O3. The Labute approximate surface area is 181 Å². The van der Waals surface area contributed by atoms with E-state index in [9.17, 15) is 4.79 Å². The van der Waals surface area contributed by atoms with E-state index in [1.54, 1.807) is 0 Å². The maximum atomic E-state index is 13.0. The van der Waals surface area contributed by atoms with Crippen molar-refractivity contribution < 1.29 is 13.9 Å². The number of amides is 1. The molecule has 158 valence electrons. The standard InChI is InChI=1S/C24H27ClN2O3/c1-15-12-16(2)22-17(3)23(30-21(22)13-15)24(28)26-14-20(27-8-10-29-11-9-27)18-4-6-19(25)7-5-18/h4-7,12-13,20H,8-11,14H2,1-3H3,(H,26,28). The molecule has 30 heavy (non-hydrogen) atoms. The number of halogens is 1. The Bertz CT molecular complexity index is 1050. The summed E-state index contributed by atoms with van der Waals surface area (Å²) >= 11 is 6.07. The first-order valence-corrected chi connectivity index (χ1v) is 10.7. The molecule has 0 aliphatic carbocycles. The van der Waals surface area contributed by atoms with Crippen LogP contribution in [-0.4, -0.2) is 43.7 Å². The smallest absolute Gasteiger partial charge is 0.287 e. The van der Waals surface area contributed by atoms with Crippen LogP contribution in [0, 0.1) is 20.8 Å². The first-order chi connectivity index (χ1) is 14.4. The molecule has 4 rings (SSSR count). The van der Waals surface area contributed by atoms with Crippen molar-refractivity contribution in [1.82, 2.24) is 10.2 Å². The maximum absolute atomic E-state index is 13.0. The quantitative estimate of drug-likeness (QED) is 0.635. The van der Waals surface area contributed by atoms with E-state index in [0.717, 1.165) is 46.3 Å². The molecule has 2 aromatic carbocycles. The summed E-state index contributed by atoms with van der Waals surface area (Å²) < 4.78 is 11.5. The Balaban J connectivity index is 1.56. The van der Waals surface area contributed by atoms with Gasteiger partial charge in [0.15, 0.2) is 5.76 Å². The van der Waals surface area contributed by atoms with E-state index in [0.29, 0.717) is 30.5 Å². The van der Waals surface area contributed by atoms with Gasteiger partial charge in [-0.2, -0.15) is 0 Å². The number of nitrogens with zero attached hydrogens (tertiary/aromatic N) is 1. The van der Waals surface area contributed by atoms with Crippen LogP contribution in [0.15, 0.2) is 40.8 Å². The number of furan rings is 1. The van der Waals surface area contributed by atoms with Gasteiger partial charge in [-0.15, -0.1) is 0 Å². The Kier molecular flexibility index (Phi) is 6.14. The Hall–Kier alpha value is -2.34. The number of benzene rings is 2. The summed E-state index contributed by atoms with van der Waals surface area (Å²) in [7, 11) is 0. The normalized spacial score (nSPS) is 16.0. The second kappa shape index (κ2) is 8.80. The SMILES string of the molecule is Cc1cc(C)c2c(C)c(C(=O)NCC(c3ccc(Cl)cc3)N3CCOCC3)oc2c1. The van der Waals surface area contributed by atoms with Gasteiger partial charge in [0.1, 0.15) is 5.58 Å². The van der Waals surface area contributed by atoms with Crippen LogP contribution in [0.25, 0.3) is 11.0 Å². The number of carbonyl (C=O) groups excluding carboxylic acids is 1. The predicted molar refractivity (Wildman–Crippen MR) is 119 cm³/mol. The fourth-order valence-corrected chi connectivity index (χ4v) is 4.43. The third-order valence-electron chi connectivity index (χ3n) is 5.77. The molecule has 1 aromatic heterocycles. The van der Waals surface area contributed by atoms with Gasteiger partial charge in [-0.3, -0.25) is 9.69 Å². The molecule has 0 bridgehead atoms. The number of fused-ring (bicyclic) bond motifs is 1. The molecule has 1 N–H and O–H groups in total. The van der Waals surface area contributed by atoms with Crippen LogP contribution in [0.5, 0.6) is 0 Å². The lowest BCUT2D eigenvalue weighted by molar-refractivity contribution is 0.0161. The average Bonchev–Trinajstić information content (AvgIpc) is 3.06. The Morgan fingerprint density at radius 3 is 2.53 bits per heavy atom. The molecule has 0 spiro atoms. The number of aryl methyl sites for hydroxylation is 3. The monoisotopic (exact) mass is 426 g/mol. The number of nitrogens with one attached hydrogen (secondary N) is 1. The fraction of sp³-hybridized carbons (Fsp3) is 0.375. The lowest BCUT2D eigenvalue weighted by Crippen LogP contribution is -2.43. The molecular weight excluding hydrogens is 400 g/mol. The number of morpholine rings is 1. The van der Waals surface area contributed by atoms with E-state index in [1.165, 1.54) is 0 Å². The summed E-state index contributed by atoms with van der Waals surface area (Å²) in [5, 5.41) is 4.82. The maximum Gasteiger partial charge on any atom is 0.287 e. The summed E-state index contributed by atoms with van der Waals surface area (Å²) in [4.78, 5) is 15.4. The molecule has 2 heterocycles. The summed E-state index contributed by atoms with van der Waals surface area (Å²) in [6.07, 6.45) is 0. The van der Waals surface area contributed by atoms with E-state index < -0.39 is 0 Å². The van der Waals surface area contributed by atoms with Crippen molar-refractivity contribution in [2.75, 3.05) is 32.8 Å². The van der Waals surface area contributed by atoms with Gasteiger partial charge in [0.2, 0.25) is 0 Å². The van der Waals surface area contributed by atoms with Crippen LogP contribution in [-0.2, 0) is 4.74 Å². The van der Waals surface area contributed by atoms with Gasteiger partial charge in [-0.05, 0) is 55.7 Å². The lowest BCUT2D eigenvalue weighted by atomic mass is 10.0. The van der Waals surface area contributed by atoms with Crippen LogP contribution in [0.3, 0.4) is 0 Å². The highest BCUT2D eigenvalue weighted by molar-refractivity contribution is 6.30. The lowest BCUT2D eigenvalue weighted by Gasteiger charge is -2.34. The van der Waals surface area contributed by atoms with Crippen molar-refractivity contribution in [3.05, 3.63) is 69.4 Å². The van der Waals surface area contributed by atoms with Gasteiger partial charge in [0.25, 0.3) is 5.91 Å². The third kappa shape index (κ3) is 4.24. The zero-order valence-corrected chi connectivity index (χ0v) is 18.4. The molecule has 1 atom stereocenters. The zero-order chi connectivity index (χ0) is 21.3. The molecule has 6 heteroatoms. The second-order valence-corrected chi connectivity index (χ2v) is 8.37. The molecule has 5 nitrogen and oxygen atoms in total. The van der Waals surface area contributed by atoms with Crippen molar-refractivity contribution in [3.63, 3.8) is 0 Å². The number of hydrogen-bond acceptors (Lipinski definition) is 4. The first kappa shape index (κ1) is 20.9. The summed E-state index contributed by atoms with van der Waals surface area (Å²) in [5.74, 6) is 0.198. The van der Waals surface area contributed by atoms with Gasteiger partial charge in [-0.25, -0.2) is 0 Å². The van der Waals surface area contributed by atoms with Crippen molar-refractivity contribution in [3.8, 4) is 0 Å². The highest BCUT2D eigenvalue weighted by Crippen LogP contribution is 2.30. The van der Waals surface area contributed by atoms with Gasteiger partial charge < -0.3 is 14.5 Å². The number of hydrogen-bond donors (Lipinski definition) is 1. The highest BCUT2D eigenvalue weighted by Gasteiger charge is 2.25. The van der Waals surface area contributed by atoms with Gasteiger partial charge >= 0.3 is 0 Å². The fourth-order valence-electron chi connectivity index (χ4n) is 4.31. The van der Waals surface area contributed by atoms with Crippen LogP contribution in [0.1, 0.15) is 38.9 Å². The molecule has 3 aromatic rings. The summed E-state index contributed by atoms with van der Waals surface area (Å²) in [5.41, 5.74) is 5.01. The Morgan fingerprint density at radius 1 is 1.13 bits per heavy atom. The topological polar surface area (TPSA) is 54.7 Å². The van der Waals surface area contributed by atoms with Gasteiger partial charge in [0, 0.05) is 35.6 Å². The van der Waals surface area contributed by atoms with E-state index in [1.807, 2.05) is 44.2 Å². The van der Waals surface area contributed by atoms with Gasteiger partial charge in [-0.1, -0.05) is 29.8 Å². The molecule has 1 amide bonds. The van der Waals surface area contributed by atoms with Crippen LogP contribution < -0.4 is 5.32 Å². The van der Waals surface area contributed by atoms with Crippen molar-refractivity contribution >= 4 is 28.5 Å². The molecule has 0 saturated carbocycles. The number of rotatable bonds is 5. The molecule has 1 aliphatic heterocycles. The first-order valence-electron chi connectivity index (χ1n) is 10.3. The van der Waals surface area contributed by atoms with E-state index in [4.69, 9.17) is 20.8 Å². The minimum atomic E-state index is -0.187. The second-order valence-electron chi connectivity index (χ2n) is 7.94. The van der Waals surface area contributed by atoms with E-state index in [2.05, 4.69) is 23.2 Å². The van der Waals surface area contributed by atoms with Gasteiger partial charge in [0.05, 0.1) is 19.3 Å². The van der Waals surface area contributed by atoms with Crippen molar-refractivity contribution in [2.24, 2.45) is 0 Å². The molecule has 0 radical (unpaired) electrons. The summed E-state index contributed by atoms with van der Waals surface area (Å²) in [6.45, 7) is 9.55. The molecule has 1 aliphatic rings. The minimum absolute atomic E-state index is 0.0452. The Morgan fingerprint density at radius 2 is 1.83 bits per heavy atom. The van der Waals surface area contributed by atoms with Crippen molar-refractivity contribution in [1.29, 1.82) is 0 Å². The number of carbonyl (C=O) groups is 1. The number of ether oxygens (including phenoxy) is 1. The largest absolute Gasteiger partial charge is 0.451 e. The molecule has 1 unspecified atom stereocenters. The highest BCUT2D eigenvalue weighted by atomic mass is 35.5.